The monoisotopic (exact) mass is 263 g/mol. The Balaban J connectivity index is 1.78. The van der Waals surface area contributed by atoms with E-state index in [0.29, 0.717) is 36.2 Å². The zero-order valence-corrected chi connectivity index (χ0v) is 10.6. The van der Waals surface area contributed by atoms with Crippen molar-refractivity contribution in [1.82, 2.24) is 5.32 Å². The number of hydrogen-bond acceptors (Lipinski definition) is 4. The topological polar surface area (TPSA) is 67.8 Å². The Hall–Kier alpha value is -1.75. The smallest absolute Gasteiger partial charge is 0.325 e. The summed E-state index contributed by atoms with van der Waals surface area (Å²) in [6.07, 6.45) is 2.39. The molecule has 2 aliphatic rings. The molecule has 1 aliphatic heterocycles. The third-order valence-electron chi connectivity index (χ3n) is 3.45. The maximum atomic E-state index is 11.4. The molecule has 2 N–H and O–H groups in total. The van der Waals surface area contributed by atoms with Crippen molar-refractivity contribution in [1.29, 1.82) is 0 Å². The van der Waals surface area contributed by atoms with Gasteiger partial charge in [-0.15, -0.1) is 0 Å². The van der Waals surface area contributed by atoms with E-state index in [1.807, 2.05) is 0 Å². The lowest BCUT2D eigenvalue weighted by Crippen LogP contribution is -2.30. The van der Waals surface area contributed by atoms with Crippen LogP contribution in [0, 0.1) is 5.92 Å². The fourth-order valence-corrected chi connectivity index (χ4v) is 2.19. The van der Waals surface area contributed by atoms with Crippen LogP contribution in [-0.2, 0) is 4.79 Å². The summed E-state index contributed by atoms with van der Waals surface area (Å²) < 4.78 is 10.9. The number of aliphatic carboxylic acids is 1. The van der Waals surface area contributed by atoms with Crippen LogP contribution in [0.1, 0.15) is 24.4 Å². The molecule has 1 saturated carbocycles. The number of benzene rings is 1. The SMILES string of the molecule is O=C(O)C(NCC1CC1)c1ccc2c(c1)OCCO2. The number of carbonyl (C=O) groups is 1. The Bertz CT molecular complexity index is 484. The zero-order chi connectivity index (χ0) is 13.2. The lowest BCUT2D eigenvalue weighted by molar-refractivity contribution is -0.139. The Labute approximate surface area is 111 Å². The Morgan fingerprint density at radius 3 is 2.74 bits per heavy atom. The molecule has 0 amide bonds. The summed E-state index contributed by atoms with van der Waals surface area (Å²) in [5, 5.41) is 12.4. The minimum absolute atomic E-state index is 0.504. The van der Waals surface area contributed by atoms with Gasteiger partial charge in [0.1, 0.15) is 19.3 Å². The summed E-state index contributed by atoms with van der Waals surface area (Å²) in [7, 11) is 0. The van der Waals surface area contributed by atoms with Gasteiger partial charge in [0.05, 0.1) is 0 Å². The molecule has 0 bridgehead atoms. The molecular formula is C14H17NO4. The van der Waals surface area contributed by atoms with Gasteiger partial charge >= 0.3 is 5.97 Å². The van der Waals surface area contributed by atoms with Crippen LogP contribution in [0.4, 0.5) is 0 Å². The number of ether oxygens (including phenoxy) is 2. The fraction of sp³-hybridized carbons (Fsp3) is 0.500. The first-order valence-corrected chi connectivity index (χ1v) is 6.60. The Morgan fingerprint density at radius 2 is 2.05 bits per heavy atom. The van der Waals surface area contributed by atoms with Crippen molar-refractivity contribution in [2.45, 2.75) is 18.9 Å². The number of nitrogens with one attached hydrogen (secondary N) is 1. The van der Waals surface area contributed by atoms with E-state index in [1.165, 1.54) is 12.8 Å². The molecular weight excluding hydrogens is 246 g/mol. The molecule has 1 aromatic rings. The second-order valence-electron chi connectivity index (χ2n) is 5.03. The van der Waals surface area contributed by atoms with Crippen molar-refractivity contribution in [2.24, 2.45) is 5.92 Å². The van der Waals surface area contributed by atoms with E-state index in [2.05, 4.69) is 5.32 Å². The average Bonchev–Trinajstić information content (AvgIpc) is 3.22. The summed E-state index contributed by atoms with van der Waals surface area (Å²) in [4.78, 5) is 11.4. The van der Waals surface area contributed by atoms with E-state index in [0.717, 1.165) is 6.54 Å². The molecule has 1 fully saturated rings. The highest BCUT2D eigenvalue weighted by molar-refractivity contribution is 5.76. The van der Waals surface area contributed by atoms with Crippen molar-refractivity contribution in [2.75, 3.05) is 19.8 Å². The average molecular weight is 263 g/mol. The van der Waals surface area contributed by atoms with E-state index < -0.39 is 12.0 Å². The lowest BCUT2D eigenvalue weighted by Gasteiger charge is -2.21. The highest BCUT2D eigenvalue weighted by Gasteiger charge is 2.26. The molecule has 1 aromatic carbocycles. The van der Waals surface area contributed by atoms with Gasteiger partial charge < -0.3 is 19.9 Å². The van der Waals surface area contributed by atoms with E-state index in [9.17, 15) is 9.90 Å². The predicted octanol–water partition coefficient (Wildman–Crippen LogP) is 1.58. The largest absolute Gasteiger partial charge is 0.486 e. The van der Waals surface area contributed by atoms with E-state index >= 15 is 0 Å². The Morgan fingerprint density at radius 1 is 1.32 bits per heavy atom. The molecule has 1 aliphatic carbocycles. The lowest BCUT2D eigenvalue weighted by atomic mass is 10.1. The van der Waals surface area contributed by atoms with Crippen LogP contribution in [-0.4, -0.2) is 30.8 Å². The van der Waals surface area contributed by atoms with Crippen LogP contribution in [0.2, 0.25) is 0 Å². The molecule has 1 unspecified atom stereocenters. The van der Waals surface area contributed by atoms with Gasteiger partial charge in [-0.25, -0.2) is 0 Å². The van der Waals surface area contributed by atoms with Gasteiger partial charge in [-0.2, -0.15) is 0 Å². The number of fused-ring (bicyclic) bond motifs is 1. The molecule has 3 rings (SSSR count). The maximum Gasteiger partial charge on any atom is 0.325 e. The molecule has 0 aromatic heterocycles. The van der Waals surface area contributed by atoms with Crippen LogP contribution < -0.4 is 14.8 Å². The second kappa shape index (κ2) is 5.09. The third-order valence-corrected chi connectivity index (χ3v) is 3.45. The normalized spacial score (nSPS) is 18.9. The first-order chi connectivity index (χ1) is 9.24. The number of hydrogen-bond donors (Lipinski definition) is 2. The van der Waals surface area contributed by atoms with E-state index in [1.54, 1.807) is 18.2 Å². The van der Waals surface area contributed by atoms with Gasteiger partial charge in [0.25, 0.3) is 0 Å². The summed E-state index contributed by atoms with van der Waals surface area (Å²) >= 11 is 0. The zero-order valence-electron chi connectivity index (χ0n) is 10.6. The summed E-state index contributed by atoms with van der Waals surface area (Å²) in [6, 6.07) is 4.63. The maximum absolute atomic E-state index is 11.4. The summed E-state index contributed by atoms with van der Waals surface area (Å²) in [6.45, 7) is 1.80. The van der Waals surface area contributed by atoms with Crippen LogP contribution >= 0.6 is 0 Å². The molecule has 5 nitrogen and oxygen atoms in total. The highest BCUT2D eigenvalue weighted by atomic mass is 16.6. The van der Waals surface area contributed by atoms with Crippen LogP contribution in [0.5, 0.6) is 11.5 Å². The first kappa shape index (κ1) is 12.3. The predicted molar refractivity (Wildman–Crippen MR) is 68.5 cm³/mol. The van der Waals surface area contributed by atoms with Gasteiger partial charge in [-0.3, -0.25) is 4.79 Å². The molecule has 1 heterocycles. The highest BCUT2D eigenvalue weighted by Crippen LogP contribution is 2.33. The van der Waals surface area contributed by atoms with Gasteiger partial charge in [-0.1, -0.05) is 6.07 Å². The number of carboxylic acid groups (broad SMARTS) is 1. The van der Waals surface area contributed by atoms with Crippen molar-refractivity contribution in [3.63, 3.8) is 0 Å². The van der Waals surface area contributed by atoms with Gasteiger partial charge in [0.15, 0.2) is 11.5 Å². The molecule has 5 heteroatoms. The number of rotatable bonds is 5. The van der Waals surface area contributed by atoms with E-state index in [-0.39, 0.29) is 0 Å². The van der Waals surface area contributed by atoms with Crippen molar-refractivity contribution in [3.05, 3.63) is 23.8 Å². The van der Waals surface area contributed by atoms with Crippen LogP contribution in [0.25, 0.3) is 0 Å². The fourth-order valence-electron chi connectivity index (χ4n) is 2.19. The standard InChI is InChI=1S/C14H17NO4/c16-14(17)13(15-8-9-1-2-9)10-3-4-11-12(7-10)19-6-5-18-11/h3-4,7,9,13,15H,1-2,5-6,8H2,(H,16,17). The second-order valence-corrected chi connectivity index (χ2v) is 5.03. The minimum atomic E-state index is -0.864. The molecule has 0 saturated heterocycles. The van der Waals surface area contributed by atoms with Crippen LogP contribution in [0.3, 0.4) is 0 Å². The molecule has 0 radical (unpaired) electrons. The van der Waals surface area contributed by atoms with Gasteiger partial charge in [-0.05, 0) is 43.0 Å². The minimum Gasteiger partial charge on any atom is -0.486 e. The van der Waals surface area contributed by atoms with Crippen LogP contribution in [0.15, 0.2) is 18.2 Å². The number of carboxylic acids is 1. The summed E-state index contributed by atoms with van der Waals surface area (Å²) in [5.41, 5.74) is 0.706. The Kier molecular flexibility index (Phi) is 3.29. The quantitative estimate of drug-likeness (QED) is 0.844. The first-order valence-electron chi connectivity index (χ1n) is 6.60. The molecule has 0 spiro atoms. The van der Waals surface area contributed by atoms with Gasteiger partial charge in [0, 0.05) is 0 Å². The molecule has 1 atom stereocenters. The van der Waals surface area contributed by atoms with Crippen molar-refractivity contribution >= 4 is 5.97 Å². The van der Waals surface area contributed by atoms with Crippen molar-refractivity contribution < 1.29 is 19.4 Å². The van der Waals surface area contributed by atoms with Gasteiger partial charge in [0.2, 0.25) is 0 Å². The van der Waals surface area contributed by atoms with Crippen molar-refractivity contribution in [3.8, 4) is 11.5 Å². The molecule has 102 valence electrons. The van der Waals surface area contributed by atoms with E-state index in [4.69, 9.17) is 9.47 Å². The summed E-state index contributed by atoms with van der Waals surface area (Å²) in [5.74, 6) is 1.08. The molecule has 19 heavy (non-hydrogen) atoms. The third kappa shape index (κ3) is 2.81.